The van der Waals surface area contributed by atoms with E-state index in [1.807, 2.05) is 78.9 Å². The van der Waals surface area contributed by atoms with Crippen molar-refractivity contribution < 1.29 is 4.42 Å². The smallest absolute Gasteiger partial charge is 0.160 e. The van der Waals surface area contributed by atoms with E-state index in [2.05, 4.69) is 103 Å². The molecule has 3 heterocycles. The van der Waals surface area contributed by atoms with Gasteiger partial charge in [0.2, 0.25) is 0 Å². The summed E-state index contributed by atoms with van der Waals surface area (Å²) >= 11 is 0. The number of nitrogens with zero attached hydrogens (tertiary/aromatic N) is 4. The predicted octanol–water partition coefficient (Wildman–Crippen LogP) is 12.7. The molecule has 0 saturated heterocycles. The molecule has 1 aliphatic carbocycles. The molecule has 1 aliphatic rings. The van der Waals surface area contributed by atoms with Crippen molar-refractivity contribution in [3.05, 3.63) is 174 Å². The van der Waals surface area contributed by atoms with Crippen molar-refractivity contribution in [2.75, 3.05) is 0 Å². The third-order valence-electron chi connectivity index (χ3n) is 11.5. The number of benzene rings is 7. The highest BCUT2D eigenvalue weighted by molar-refractivity contribution is 6.15. The molecule has 0 radical (unpaired) electrons. The third-order valence-corrected chi connectivity index (χ3v) is 11.5. The van der Waals surface area contributed by atoms with Gasteiger partial charge < -0.3 is 8.98 Å². The zero-order valence-corrected chi connectivity index (χ0v) is 30.2. The summed E-state index contributed by atoms with van der Waals surface area (Å²) in [5.41, 5.74) is 14.2. The maximum absolute atomic E-state index is 10.8. The van der Waals surface area contributed by atoms with Crippen molar-refractivity contribution in [2.45, 2.75) is 19.3 Å². The van der Waals surface area contributed by atoms with Crippen molar-refractivity contribution in [3.8, 4) is 56.8 Å². The molecule has 0 amide bonds. The molecule has 11 rings (SSSR count). The van der Waals surface area contributed by atoms with Gasteiger partial charge >= 0.3 is 0 Å². The van der Waals surface area contributed by atoms with Gasteiger partial charge in [-0.2, -0.15) is 5.26 Å². The van der Waals surface area contributed by atoms with Crippen LogP contribution >= 0.6 is 0 Å². The summed E-state index contributed by atoms with van der Waals surface area (Å²) in [6.45, 7) is 4.67. The topological polar surface area (TPSA) is 67.6 Å². The van der Waals surface area contributed by atoms with Crippen LogP contribution in [0, 0.1) is 11.3 Å². The molecule has 0 bridgehead atoms. The highest BCUT2D eigenvalue weighted by Gasteiger charge is 2.36. The van der Waals surface area contributed by atoms with Gasteiger partial charge in [0.25, 0.3) is 0 Å². The van der Waals surface area contributed by atoms with Crippen molar-refractivity contribution >= 4 is 43.7 Å². The lowest BCUT2D eigenvalue weighted by molar-refractivity contribution is 0.661. The van der Waals surface area contributed by atoms with Gasteiger partial charge in [-0.3, -0.25) is 0 Å². The minimum Gasteiger partial charge on any atom is -0.456 e. The number of para-hydroxylation sites is 1. The predicted molar refractivity (Wildman–Crippen MR) is 222 cm³/mol. The lowest BCUT2D eigenvalue weighted by Crippen LogP contribution is -2.14. The van der Waals surface area contributed by atoms with Gasteiger partial charge in [0.1, 0.15) is 22.8 Å². The quantitative estimate of drug-likeness (QED) is 0.183. The molecule has 0 spiro atoms. The first-order chi connectivity index (χ1) is 27.0. The number of hydrogen-bond donors (Lipinski definition) is 0. The van der Waals surface area contributed by atoms with E-state index in [1.165, 1.54) is 33.0 Å². The van der Waals surface area contributed by atoms with E-state index in [1.54, 1.807) is 0 Å². The molecular weight excluding hydrogens is 673 g/mol. The standard InChI is InChI=1S/C50H32N4O/c1-50(2)40-21-11-9-18-33(40)36-28-43-37(27-41(36)50)34-19-10-12-22-42(34)54(43)32-24-25-44-38(26-32)46-35(20-13-23-45(46)55-44)48-39(29-51)47(30-14-5-3-6-15-30)52-49(53-48)31-16-7-4-8-17-31/h3-28H,1-2H3. The minimum absolute atomic E-state index is 0.0988. The van der Waals surface area contributed by atoms with E-state index < -0.39 is 0 Å². The lowest BCUT2D eigenvalue weighted by Gasteiger charge is -2.21. The van der Waals surface area contributed by atoms with E-state index >= 15 is 0 Å². The largest absolute Gasteiger partial charge is 0.456 e. The first-order valence-corrected chi connectivity index (χ1v) is 18.6. The van der Waals surface area contributed by atoms with Crippen molar-refractivity contribution in [1.29, 1.82) is 5.26 Å². The second-order valence-corrected chi connectivity index (χ2v) is 14.9. The molecule has 0 unspecified atom stereocenters. The number of hydrogen-bond acceptors (Lipinski definition) is 4. The molecule has 0 aliphatic heterocycles. The van der Waals surface area contributed by atoms with Crippen LogP contribution in [0.5, 0.6) is 0 Å². The average Bonchev–Trinajstić information content (AvgIpc) is 3.85. The van der Waals surface area contributed by atoms with Crippen molar-refractivity contribution in [1.82, 2.24) is 14.5 Å². The van der Waals surface area contributed by atoms with Crippen LogP contribution in [0.1, 0.15) is 30.5 Å². The lowest BCUT2D eigenvalue weighted by atomic mass is 9.82. The SMILES string of the molecule is CC1(C)c2ccccc2-c2cc3c(cc21)c1ccccc1n3-c1ccc2oc3cccc(-c4nc(-c5ccccc5)nc(-c5ccccc5)c4C#N)c3c2c1. The Balaban J connectivity index is 1.18. The second-order valence-electron chi connectivity index (χ2n) is 14.9. The summed E-state index contributed by atoms with van der Waals surface area (Å²) < 4.78 is 8.93. The number of rotatable bonds is 4. The van der Waals surface area contributed by atoms with Crippen molar-refractivity contribution in [2.24, 2.45) is 0 Å². The Morgan fingerprint density at radius 1 is 0.545 bits per heavy atom. The number of fused-ring (bicyclic) bond motifs is 9. The third kappa shape index (κ3) is 4.52. The van der Waals surface area contributed by atoms with E-state index in [0.29, 0.717) is 22.8 Å². The van der Waals surface area contributed by atoms with Crippen LogP contribution in [0.25, 0.3) is 94.5 Å². The summed E-state index contributed by atoms with van der Waals surface area (Å²) in [4.78, 5) is 10.1. The normalized spacial score (nSPS) is 13.0. The number of furan rings is 1. The molecule has 258 valence electrons. The van der Waals surface area contributed by atoms with Crippen LogP contribution in [-0.2, 0) is 5.41 Å². The molecule has 0 N–H and O–H groups in total. The molecule has 7 aromatic carbocycles. The maximum Gasteiger partial charge on any atom is 0.160 e. The van der Waals surface area contributed by atoms with Gasteiger partial charge in [0.15, 0.2) is 5.82 Å². The fourth-order valence-corrected chi connectivity index (χ4v) is 8.88. The highest BCUT2D eigenvalue weighted by Crippen LogP contribution is 2.51. The Morgan fingerprint density at radius 3 is 2.07 bits per heavy atom. The van der Waals surface area contributed by atoms with E-state index in [0.717, 1.165) is 55.3 Å². The second kappa shape index (κ2) is 11.6. The zero-order valence-electron chi connectivity index (χ0n) is 30.2. The molecule has 3 aromatic heterocycles. The maximum atomic E-state index is 10.8. The van der Waals surface area contributed by atoms with E-state index in [-0.39, 0.29) is 5.41 Å². The molecular formula is C50H32N4O. The van der Waals surface area contributed by atoms with Gasteiger partial charge in [0.05, 0.1) is 22.4 Å². The monoisotopic (exact) mass is 704 g/mol. The van der Waals surface area contributed by atoms with Crippen LogP contribution in [-0.4, -0.2) is 14.5 Å². The molecule has 5 heteroatoms. The van der Waals surface area contributed by atoms with Crippen LogP contribution < -0.4 is 0 Å². The molecule has 55 heavy (non-hydrogen) atoms. The molecule has 10 aromatic rings. The Morgan fingerprint density at radius 2 is 1.25 bits per heavy atom. The van der Waals surface area contributed by atoms with Crippen LogP contribution in [0.4, 0.5) is 0 Å². The zero-order chi connectivity index (χ0) is 36.8. The summed E-state index contributed by atoms with van der Waals surface area (Å²) in [6.07, 6.45) is 0. The number of nitriles is 1. The molecule has 0 saturated carbocycles. The molecule has 0 atom stereocenters. The van der Waals surface area contributed by atoms with Gasteiger partial charge in [-0.25, -0.2) is 9.97 Å². The molecule has 0 fully saturated rings. The average molecular weight is 705 g/mol. The fraction of sp³-hybridized carbons (Fsp3) is 0.0600. The first kappa shape index (κ1) is 31.3. The van der Waals surface area contributed by atoms with Crippen LogP contribution in [0.2, 0.25) is 0 Å². The van der Waals surface area contributed by atoms with Crippen molar-refractivity contribution in [3.63, 3.8) is 0 Å². The first-order valence-electron chi connectivity index (χ1n) is 18.6. The fourth-order valence-electron chi connectivity index (χ4n) is 8.88. The van der Waals surface area contributed by atoms with Gasteiger partial charge in [0, 0.05) is 49.3 Å². The summed E-state index contributed by atoms with van der Waals surface area (Å²) in [6, 6.07) is 57.0. The van der Waals surface area contributed by atoms with Crippen LogP contribution in [0.15, 0.2) is 162 Å². The summed E-state index contributed by atoms with van der Waals surface area (Å²) in [7, 11) is 0. The highest BCUT2D eigenvalue weighted by atomic mass is 16.3. The van der Waals surface area contributed by atoms with E-state index in [9.17, 15) is 5.26 Å². The minimum atomic E-state index is -0.0988. The number of aromatic nitrogens is 3. The Bertz CT molecular complexity index is 3240. The van der Waals surface area contributed by atoms with Gasteiger partial charge in [-0.1, -0.05) is 129 Å². The Kier molecular flexibility index (Phi) is 6.59. The van der Waals surface area contributed by atoms with Gasteiger partial charge in [-0.05, 0) is 64.7 Å². The molecule has 5 nitrogen and oxygen atoms in total. The van der Waals surface area contributed by atoms with Gasteiger partial charge in [-0.15, -0.1) is 0 Å². The summed E-state index contributed by atoms with van der Waals surface area (Å²) in [5.74, 6) is 0.557. The Labute approximate surface area is 317 Å². The van der Waals surface area contributed by atoms with Crippen LogP contribution in [0.3, 0.4) is 0 Å². The summed E-state index contributed by atoms with van der Waals surface area (Å²) in [5, 5.41) is 15.1. The Hall–Kier alpha value is -7.29. The van der Waals surface area contributed by atoms with E-state index in [4.69, 9.17) is 14.4 Å².